The van der Waals surface area contributed by atoms with Gasteiger partial charge in [0.2, 0.25) is 0 Å². The van der Waals surface area contributed by atoms with Crippen LogP contribution in [0.5, 0.6) is 0 Å². The summed E-state index contributed by atoms with van der Waals surface area (Å²) >= 11 is 1.60. The first-order valence-electron chi connectivity index (χ1n) is 6.94. The van der Waals surface area contributed by atoms with Crippen LogP contribution in [0.1, 0.15) is 49.9 Å². The van der Waals surface area contributed by atoms with Crippen molar-refractivity contribution < 1.29 is 8.42 Å². The van der Waals surface area contributed by atoms with Crippen molar-refractivity contribution in [2.75, 3.05) is 13.1 Å². The van der Waals surface area contributed by atoms with Gasteiger partial charge < -0.3 is 0 Å². The Kier molecular flexibility index (Phi) is 5.38. The molecule has 0 radical (unpaired) electrons. The molecular formula is C13H22N2O2S2. The summed E-state index contributed by atoms with van der Waals surface area (Å²) in [6.45, 7) is 3.31. The van der Waals surface area contributed by atoms with E-state index in [0.717, 1.165) is 37.0 Å². The van der Waals surface area contributed by atoms with Crippen LogP contribution in [0.25, 0.3) is 0 Å². The van der Waals surface area contributed by atoms with Crippen molar-refractivity contribution in [3.05, 3.63) is 22.4 Å². The van der Waals surface area contributed by atoms with Gasteiger partial charge in [-0.05, 0) is 30.7 Å². The van der Waals surface area contributed by atoms with Crippen LogP contribution in [0.4, 0.5) is 0 Å². The predicted molar refractivity (Wildman–Crippen MR) is 79.4 cm³/mol. The Morgan fingerprint density at radius 1 is 1.32 bits per heavy atom. The Hall–Kier alpha value is -0.430. The third-order valence-electron chi connectivity index (χ3n) is 3.49. The second-order valence-electron chi connectivity index (χ2n) is 4.91. The third-order valence-corrected chi connectivity index (χ3v) is 6.10. The molecule has 1 saturated heterocycles. The highest BCUT2D eigenvalue weighted by atomic mass is 32.2. The van der Waals surface area contributed by atoms with Crippen LogP contribution in [-0.4, -0.2) is 25.8 Å². The normalized spacial score (nSPS) is 20.1. The van der Waals surface area contributed by atoms with E-state index in [9.17, 15) is 8.42 Å². The van der Waals surface area contributed by atoms with E-state index < -0.39 is 10.2 Å². The van der Waals surface area contributed by atoms with Gasteiger partial charge in [0.15, 0.2) is 0 Å². The Labute approximate surface area is 120 Å². The fourth-order valence-corrected chi connectivity index (χ4v) is 4.85. The fourth-order valence-electron chi connectivity index (χ4n) is 2.37. The number of nitrogens with one attached hydrogen (secondary N) is 1. The van der Waals surface area contributed by atoms with E-state index in [4.69, 9.17) is 0 Å². The number of rotatable bonds is 5. The summed E-state index contributed by atoms with van der Waals surface area (Å²) in [5.41, 5.74) is 0. The van der Waals surface area contributed by atoms with Crippen molar-refractivity contribution in [3.8, 4) is 0 Å². The lowest BCUT2D eigenvalue weighted by Gasteiger charge is -2.24. The van der Waals surface area contributed by atoms with Crippen molar-refractivity contribution in [3.63, 3.8) is 0 Å². The minimum absolute atomic E-state index is 0.103. The molecule has 0 saturated carbocycles. The minimum Gasteiger partial charge on any atom is -0.195 e. The van der Waals surface area contributed by atoms with Crippen LogP contribution >= 0.6 is 11.3 Å². The summed E-state index contributed by atoms with van der Waals surface area (Å²) in [5.74, 6) is 0. The van der Waals surface area contributed by atoms with Gasteiger partial charge in [-0.25, -0.2) is 0 Å². The van der Waals surface area contributed by atoms with Crippen molar-refractivity contribution in [2.45, 2.75) is 45.1 Å². The zero-order chi connectivity index (χ0) is 13.7. The predicted octanol–water partition coefficient (Wildman–Crippen LogP) is 2.91. The van der Waals surface area contributed by atoms with E-state index in [-0.39, 0.29) is 6.04 Å². The average Bonchev–Trinajstić information content (AvgIpc) is 2.77. The molecule has 6 heteroatoms. The smallest absolute Gasteiger partial charge is 0.195 e. The zero-order valence-corrected chi connectivity index (χ0v) is 13.0. The van der Waals surface area contributed by atoms with Crippen LogP contribution in [-0.2, 0) is 10.2 Å². The van der Waals surface area contributed by atoms with Crippen molar-refractivity contribution in [1.29, 1.82) is 0 Å². The summed E-state index contributed by atoms with van der Waals surface area (Å²) in [7, 11) is -3.35. The Morgan fingerprint density at radius 2 is 2.00 bits per heavy atom. The fraction of sp³-hybridized carbons (Fsp3) is 0.692. The molecule has 0 bridgehead atoms. The van der Waals surface area contributed by atoms with Gasteiger partial charge >= 0.3 is 0 Å². The monoisotopic (exact) mass is 302 g/mol. The highest BCUT2D eigenvalue weighted by Crippen LogP contribution is 2.23. The summed E-state index contributed by atoms with van der Waals surface area (Å²) in [5, 5.41) is 1.98. The molecule has 2 heterocycles. The minimum atomic E-state index is -3.35. The molecule has 0 aliphatic carbocycles. The SMILES string of the molecule is CC[C@H](NS(=O)(=O)N1CCCCCC1)c1cccs1. The van der Waals surface area contributed by atoms with Gasteiger partial charge in [-0.15, -0.1) is 11.3 Å². The van der Waals surface area contributed by atoms with E-state index >= 15 is 0 Å². The highest BCUT2D eigenvalue weighted by Gasteiger charge is 2.26. The largest absolute Gasteiger partial charge is 0.280 e. The van der Waals surface area contributed by atoms with Crippen molar-refractivity contribution in [1.82, 2.24) is 9.03 Å². The molecule has 1 aromatic rings. The van der Waals surface area contributed by atoms with Gasteiger partial charge in [-0.3, -0.25) is 0 Å². The van der Waals surface area contributed by atoms with E-state index in [1.165, 1.54) is 0 Å². The molecule has 19 heavy (non-hydrogen) atoms. The second-order valence-corrected chi connectivity index (χ2v) is 7.59. The Balaban J connectivity index is 2.06. The third kappa shape index (κ3) is 4.02. The first-order valence-corrected chi connectivity index (χ1v) is 9.26. The Morgan fingerprint density at radius 3 is 2.53 bits per heavy atom. The van der Waals surface area contributed by atoms with Crippen LogP contribution in [0.2, 0.25) is 0 Å². The molecule has 0 aromatic carbocycles. The van der Waals surface area contributed by atoms with E-state index in [0.29, 0.717) is 13.1 Å². The molecule has 1 aliphatic heterocycles. The summed E-state index contributed by atoms with van der Waals surface area (Å²) < 4.78 is 29.3. The molecule has 0 amide bonds. The van der Waals surface area contributed by atoms with Gasteiger partial charge in [0, 0.05) is 18.0 Å². The first-order chi connectivity index (χ1) is 9.13. The van der Waals surface area contributed by atoms with Crippen LogP contribution in [0.15, 0.2) is 17.5 Å². The molecular weight excluding hydrogens is 280 g/mol. The summed E-state index contributed by atoms with van der Waals surface area (Å²) in [6.07, 6.45) is 4.98. The standard InChI is InChI=1S/C13H22N2O2S2/c1-2-12(13-8-7-11-18-13)14-19(16,17)15-9-5-3-4-6-10-15/h7-8,11-12,14H,2-6,9-10H2,1H3/t12-/m0/s1. The maximum Gasteiger partial charge on any atom is 0.280 e. The van der Waals surface area contributed by atoms with Gasteiger partial charge in [-0.1, -0.05) is 25.8 Å². The van der Waals surface area contributed by atoms with Crippen LogP contribution < -0.4 is 4.72 Å². The molecule has 1 atom stereocenters. The molecule has 0 spiro atoms. The van der Waals surface area contributed by atoms with Crippen LogP contribution in [0, 0.1) is 0 Å². The maximum atomic E-state index is 12.4. The quantitative estimate of drug-likeness (QED) is 0.909. The maximum absolute atomic E-state index is 12.4. The molecule has 108 valence electrons. The number of hydrogen-bond acceptors (Lipinski definition) is 3. The number of hydrogen-bond donors (Lipinski definition) is 1. The molecule has 2 rings (SSSR count). The molecule has 4 nitrogen and oxygen atoms in total. The number of thiophene rings is 1. The number of nitrogens with zero attached hydrogens (tertiary/aromatic N) is 1. The molecule has 1 fully saturated rings. The lowest BCUT2D eigenvalue weighted by molar-refractivity contribution is 0.407. The molecule has 1 aliphatic rings. The average molecular weight is 302 g/mol. The van der Waals surface area contributed by atoms with Gasteiger partial charge in [0.05, 0.1) is 6.04 Å². The van der Waals surface area contributed by atoms with E-state index in [1.807, 2.05) is 24.4 Å². The van der Waals surface area contributed by atoms with Crippen LogP contribution in [0.3, 0.4) is 0 Å². The van der Waals surface area contributed by atoms with E-state index in [2.05, 4.69) is 4.72 Å². The van der Waals surface area contributed by atoms with E-state index in [1.54, 1.807) is 15.6 Å². The first kappa shape index (κ1) is 15.0. The highest BCUT2D eigenvalue weighted by molar-refractivity contribution is 7.87. The zero-order valence-electron chi connectivity index (χ0n) is 11.3. The molecule has 1 N–H and O–H groups in total. The molecule has 0 unspecified atom stereocenters. The lowest BCUT2D eigenvalue weighted by atomic mass is 10.2. The summed E-state index contributed by atoms with van der Waals surface area (Å²) in [6, 6.07) is 3.85. The van der Waals surface area contributed by atoms with Gasteiger partial charge in [0.25, 0.3) is 10.2 Å². The topological polar surface area (TPSA) is 49.4 Å². The van der Waals surface area contributed by atoms with Crippen molar-refractivity contribution >= 4 is 21.5 Å². The van der Waals surface area contributed by atoms with Gasteiger partial charge in [-0.2, -0.15) is 17.4 Å². The Bertz CT molecular complexity index is 463. The lowest BCUT2D eigenvalue weighted by Crippen LogP contribution is -2.42. The summed E-state index contributed by atoms with van der Waals surface area (Å²) in [4.78, 5) is 1.08. The molecule has 1 aromatic heterocycles. The van der Waals surface area contributed by atoms with Gasteiger partial charge in [0.1, 0.15) is 0 Å². The van der Waals surface area contributed by atoms with Crippen molar-refractivity contribution in [2.24, 2.45) is 0 Å². The second kappa shape index (κ2) is 6.83.